The molecule has 0 amide bonds. The molecule has 0 radical (unpaired) electrons. The Bertz CT molecular complexity index is 796. The Labute approximate surface area is 150 Å². The number of benzene rings is 2. The van der Waals surface area contributed by atoms with Gasteiger partial charge in [0.1, 0.15) is 5.75 Å². The second kappa shape index (κ2) is 5.26. The predicted octanol–water partition coefficient (Wildman–Crippen LogP) is 4.93. The third kappa shape index (κ3) is 2.45. The van der Waals surface area contributed by atoms with Gasteiger partial charge < -0.3 is 10.1 Å². The number of rotatable bonds is 1. The molecule has 1 saturated heterocycles. The summed E-state index contributed by atoms with van der Waals surface area (Å²) in [7, 11) is 0. The zero-order chi connectivity index (χ0) is 16.2. The average molecular weight is 365 g/mol. The largest absolute Gasteiger partial charge is 0.467 e. The van der Waals surface area contributed by atoms with E-state index in [9.17, 15) is 0 Å². The van der Waals surface area contributed by atoms with E-state index in [1.54, 1.807) is 0 Å². The smallest absolute Gasteiger partial charge is 0.188 e. The summed E-state index contributed by atoms with van der Waals surface area (Å²) in [4.78, 5) is 2.01. The third-order valence-electron chi connectivity index (χ3n) is 4.32. The molecule has 118 valence electrons. The van der Waals surface area contributed by atoms with Gasteiger partial charge in [-0.2, -0.15) is 0 Å². The Balaban J connectivity index is 1.79. The molecule has 0 spiro atoms. The minimum Gasteiger partial charge on any atom is -0.467 e. The quantitative estimate of drug-likeness (QED) is 0.725. The summed E-state index contributed by atoms with van der Waals surface area (Å²) < 4.78 is 6.32. The number of halogens is 2. The number of fused-ring (bicyclic) bond motifs is 4. The molecule has 0 aromatic heterocycles. The van der Waals surface area contributed by atoms with Crippen molar-refractivity contribution in [1.29, 1.82) is 0 Å². The van der Waals surface area contributed by atoms with Crippen molar-refractivity contribution < 1.29 is 4.74 Å². The summed E-state index contributed by atoms with van der Waals surface area (Å²) in [5.74, 6) is 0.835. The molecule has 23 heavy (non-hydrogen) atoms. The molecule has 2 aliphatic rings. The van der Waals surface area contributed by atoms with Crippen molar-refractivity contribution in [2.75, 3.05) is 4.90 Å². The van der Waals surface area contributed by atoms with Crippen LogP contribution in [-0.4, -0.2) is 10.8 Å². The number of ether oxygens (including phenoxy) is 1. The van der Waals surface area contributed by atoms with E-state index in [1.165, 1.54) is 0 Å². The van der Waals surface area contributed by atoms with Crippen molar-refractivity contribution in [3.05, 3.63) is 58.1 Å². The third-order valence-corrected chi connectivity index (χ3v) is 5.11. The number of thiocarbonyl (C=S) groups is 1. The van der Waals surface area contributed by atoms with Crippen molar-refractivity contribution in [3.8, 4) is 5.75 Å². The number of nitrogens with one attached hydrogen (secondary N) is 1. The minimum absolute atomic E-state index is 0.0958. The highest BCUT2D eigenvalue weighted by Gasteiger charge is 2.48. The van der Waals surface area contributed by atoms with Crippen LogP contribution < -0.4 is 15.0 Å². The molecule has 2 aromatic carbocycles. The van der Waals surface area contributed by atoms with Crippen LogP contribution >= 0.6 is 35.4 Å². The van der Waals surface area contributed by atoms with Gasteiger partial charge in [-0.3, -0.25) is 4.90 Å². The molecule has 2 aromatic rings. The van der Waals surface area contributed by atoms with Crippen LogP contribution in [0.25, 0.3) is 0 Å². The lowest BCUT2D eigenvalue weighted by Crippen LogP contribution is -2.65. The predicted molar refractivity (Wildman–Crippen MR) is 97.5 cm³/mol. The Morgan fingerprint density at radius 1 is 1.17 bits per heavy atom. The number of hydrogen-bond donors (Lipinski definition) is 1. The molecule has 4 rings (SSSR count). The first-order chi connectivity index (χ1) is 11.0. The number of hydrogen-bond acceptors (Lipinski definition) is 2. The molecular weight excluding hydrogens is 351 g/mol. The molecule has 3 nitrogen and oxygen atoms in total. The number of nitrogens with zero attached hydrogens (tertiary/aromatic N) is 1. The van der Waals surface area contributed by atoms with Crippen molar-refractivity contribution in [1.82, 2.24) is 5.32 Å². The van der Waals surface area contributed by atoms with Gasteiger partial charge in [0, 0.05) is 27.7 Å². The lowest BCUT2D eigenvalue weighted by atomic mass is 9.90. The summed E-state index contributed by atoms with van der Waals surface area (Å²) in [6, 6.07) is 13.4. The SMILES string of the molecule is CC12CC(NC(=S)N1c1ccc(Cl)cc1)c1cc(Cl)ccc1O2. The van der Waals surface area contributed by atoms with Gasteiger partial charge in [-0.1, -0.05) is 23.2 Å². The zero-order valence-corrected chi connectivity index (χ0v) is 14.7. The van der Waals surface area contributed by atoms with E-state index in [0.717, 1.165) is 23.4 Å². The van der Waals surface area contributed by atoms with E-state index in [1.807, 2.05) is 47.4 Å². The summed E-state index contributed by atoms with van der Waals surface area (Å²) in [6.07, 6.45) is 0.767. The maximum atomic E-state index is 6.32. The van der Waals surface area contributed by atoms with Gasteiger partial charge >= 0.3 is 0 Å². The molecule has 0 saturated carbocycles. The topological polar surface area (TPSA) is 24.5 Å². The van der Waals surface area contributed by atoms with Gasteiger partial charge in [-0.05, 0) is 61.6 Å². The Morgan fingerprint density at radius 2 is 1.87 bits per heavy atom. The van der Waals surface area contributed by atoms with Crippen LogP contribution in [0.2, 0.25) is 10.0 Å². The molecular formula is C17H14Cl2N2OS. The highest BCUT2D eigenvalue weighted by Crippen LogP contribution is 2.46. The van der Waals surface area contributed by atoms with Crippen LogP contribution in [0.4, 0.5) is 5.69 Å². The van der Waals surface area contributed by atoms with Gasteiger partial charge in [-0.25, -0.2) is 0 Å². The van der Waals surface area contributed by atoms with Crippen LogP contribution in [0.3, 0.4) is 0 Å². The van der Waals surface area contributed by atoms with E-state index in [4.69, 9.17) is 40.2 Å². The highest BCUT2D eigenvalue weighted by molar-refractivity contribution is 7.80. The molecule has 2 unspecified atom stereocenters. The second-order valence-corrected chi connectivity index (χ2v) is 7.24. The van der Waals surface area contributed by atoms with Gasteiger partial charge in [-0.15, -0.1) is 0 Å². The lowest BCUT2D eigenvalue weighted by Gasteiger charge is -2.52. The van der Waals surface area contributed by atoms with Crippen molar-refractivity contribution in [3.63, 3.8) is 0 Å². The van der Waals surface area contributed by atoms with E-state index < -0.39 is 5.72 Å². The van der Waals surface area contributed by atoms with Gasteiger partial charge in [0.15, 0.2) is 10.8 Å². The summed E-state index contributed by atoms with van der Waals surface area (Å²) in [5.41, 5.74) is 1.44. The van der Waals surface area contributed by atoms with Crippen LogP contribution in [0.15, 0.2) is 42.5 Å². The zero-order valence-electron chi connectivity index (χ0n) is 12.3. The van der Waals surface area contributed by atoms with Gasteiger partial charge in [0.2, 0.25) is 0 Å². The van der Waals surface area contributed by atoms with Crippen molar-refractivity contribution in [2.45, 2.75) is 25.1 Å². The maximum Gasteiger partial charge on any atom is 0.188 e. The molecule has 2 heterocycles. The van der Waals surface area contributed by atoms with Crippen molar-refractivity contribution >= 4 is 46.2 Å². The maximum absolute atomic E-state index is 6.32. The molecule has 2 bridgehead atoms. The fraction of sp³-hybridized carbons (Fsp3) is 0.235. The normalized spacial score (nSPS) is 25.4. The van der Waals surface area contributed by atoms with Crippen molar-refractivity contribution in [2.24, 2.45) is 0 Å². The van der Waals surface area contributed by atoms with Crippen LogP contribution in [0.1, 0.15) is 24.9 Å². The first-order valence-corrected chi connectivity index (χ1v) is 8.47. The molecule has 1 N–H and O–H groups in total. The van der Waals surface area contributed by atoms with Gasteiger partial charge in [0.05, 0.1) is 6.04 Å². The molecule has 2 aliphatic heterocycles. The number of anilines is 1. The highest BCUT2D eigenvalue weighted by atomic mass is 35.5. The Kier molecular flexibility index (Phi) is 3.45. The molecule has 6 heteroatoms. The lowest BCUT2D eigenvalue weighted by molar-refractivity contribution is 0.0498. The summed E-state index contributed by atoms with van der Waals surface area (Å²) in [6.45, 7) is 2.05. The first-order valence-electron chi connectivity index (χ1n) is 7.31. The van der Waals surface area contributed by atoms with E-state index in [-0.39, 0.29) is 6.04 Å². The van der Waals surface area contributed by atoms with Crippen LogP contribution in [-0.2, 0) is 0 Å². The molecule has 1 fully saturated rings. The summed E-state index contributed by atoms with van der Waals surface area (Å²) in [5, 5.41) is 5.43. The summed E-state index contributed by atoms with van der Waals surface area (Å²) >= 11 is 17.7. The average Bonchev–Trinajstić information content (AvgIpc) is 2.49. The second-order valence-electron chi connectivity index (χ2n) is 5.98. The Morgan fingerprint density at radius 3 is 2.61 bits per heavy atom. The van der Waals surface area contributed by atoms with Crippen LogP contribution in [0.5, 0.6) is 5.75 Å². The fourth-order valence-electron chi connectivity index (χ4n) is 3.33. The van der Waals surface area contributed by atoms with Gasteiger partial charge in [0.25, 0.3) is 0 Å². The monoisotopic (exact) mass is 364 g/mol. The minimum atomic E-state index is -0.554. The Hall–Kier alpha value is -1.49. The fourth-order valence-corrected chi connectivity index (χ4v) is 4.07. The molecule has 0 aliphatic carbocycles. The van der Waals surface area contributed by atoms with E-state index >= 15 is 0 Å². The van der Waals surface area contributed by atoms with Crippen LogP contribution in [0, 0.1) is 0 Å². The van der Waals surface area contributed by atoms with E-state index in [0.29, 0.717) is 15.2 Å². The van der Waals surface area contributed by atoms with E-state index in [2.05, 4.69) is 12.2 Å². The molecule has 2 atom stereocenters. The first kappa shape index (κ1) is 15.1. The standard InChI is InChI=1S/C17H14Cl2N2OS/c1-17-9-14(13-8-11(19)4-7-15(13)22-17)20-16(23)21(17)12-5-2-10(18)3-6-12/h2-8,14H,9H2,1H3,(H,20,23).